The Morgan fingerprint density at radius 1 is 1.33 bits per heavy atom. The van der Waals surface area contributed by atoms with Crippen molar-refractivity contribution in [3.05, 3.63) is 39.8 Å². The standard InChI is InChI=1S/C16H19N3S2/c1-12(2)10-17-16-19(18-13-6-3-4-7-13)14(11-21-16)15-8-5-9-20-15/h5,8-9,11H,1,3-4,6-7,10H2,2H3. The molecule has 0 bridgehead atoms. The van der Waals surface area contributed by atoms with Crippen LogP contribution in [-0.4, -0.2) is 16.9 Å². The first kappa shape index (κ1) is 14.5. The van der Waals surface area contributed by atoms with Gasteiger partial charge in [0.2, 0.25) is 4.80 Å². The fourth-order valence-electron chi connectivity index (χ4n) is 2.33. The van der Waals surface area contributed by atoms with Gasteiger partial charge in [-0.2, -0.15) is 5.10 Å². The highest BCUT2D eigenvalue weighted by molar-refractivity contribution is 7.14. The first-order valence-corrected chi connectivity index (χ1v) is 8.96. The van der Waals surface area contributed by atoms with Gasteiger partial charge in [0.15, 0.2) is 0 Å². The fraction of sp³-hybridized carbons (Fsp3) is 0.375. The molecule has 5 heteroatoms. The van der Waals surface area contributed by atoms with E-state index < -0.39 is 0 Å². The first-order valence-electron chi connectivity index (χ1n) is 7.20. The Balaban J connectivity index is 2.07. The zero-order valence-corrected chi connectivity index (χ0v) is 13.8. The highest BCUT2D eigenvalue weighted by Crippen LogP contribution is 2.26. The predicted molar refractivity (Wildman–Crippen MR) is 92.2 cm³/mol. The second kappa shape index (κ2) is 6.54. The number of hydrogen-bond acceptors (Lipinski definition) is 4. The van der Waals surface area contributed by atoms with Crippen molar-refractivity contribution in [1.29, 1.82) is 0 Å². The van der Waals surface area contributed by atoms with E-state index in [0.717, 1.165) is 28.9 Å². The average molecular weight is 317 g/mol. The van der Waals surface area contributed by atoms with Gasteiger partial charge in [-0.05, 0) is 44.1 Å². The Morgan fingerprint density at radius 2 is 2.14 bits per heavy atom. The molecule has 21 heavy (non-hydrogen) atoms. The van der Waals surface area contributed by atoms with E-state index in [1.165, 1.54) is 23.4 Å². The van der Waals surface area contributed by atoms with Crippen molar-refractivity contribution in [3.8, 4) is 10.6 Å². The predicted octanol–water partition coefficient (Wildman–Crippen LogP) is 4.53. The van der Waals surface area contributed by atoms with Crippen molar-refractivity contribution in [2.45, 2.75) is 32.6 Å². The number of hydrogen-bond donors (Lipinski definition) is 0. The second-order valence-corrected chi connectivity index (χ2v) is 7.12. The number of thiophene rings is 1. The maximum Gasteiger partial charge on any atom is 0.206 e. The van der Waals surface area contributed by atoms with Crippen LogP contribution in [0.1, 0.15) is 32.6 Å². The van der Waals surface area contributed by atoms with Crippen molar-refractivity contribution >= 4 is 28.4 Å². The molecular formula is C16H19N3S2. The molecule has 1 saturated carbocycles. The molecule has 1 aliphatic rings. The number of rotatable bonds is 4. The monoisotopic (exact) mass is 317 g/mol. The Bertz CT molecular complexity index is 709. The summed E-state index contributed by atoms with van der Waals surface area (Å²) >= 11 is 3.40. The molecule has 3 nitrogen and oxygen atoms in total. The lowest BCUT2D eigenvalue weighted by Gasteiger charge is -2.03. The van der Waals surface area contributed by atoms with E-state index in [4.69, 9.17) is 5.10 Å². The van der Waals surface area contributed by atoms with Crippen LogP contribution in [0.25, 0.3) is 10.6 Å². The summed E-state index contributed by atoms with van der Waals surface area (Å²) in [5.41, 5.74) is 3.51. The zero-order valence-electron chi connectivity index (χ0n) is 12.2. The number of aromatic nitrogens is 1. The van der Waals surface area contributed by atoms with Crippen molar-refractivity contribution in [2.75, 3.05) is 6.54 Å². The topological polar surface area (TPSA) is 29.6 Å². The maximum atomic E-state index is 4.88. The summed E-state index contributed by atoms with van der Waals surface area (Å²) < 4.78 is 2.03. The molecule has 3 rings (SSSR count). The molecule has 2 aromatic heterocycles. The van der Waals surface area contributed by atoms with Crippen LogP contribution in [0.2, 0.25) is 0 Å². The number of nitrogens with zero attached hydrogens (tertiary/aromatic N) is 3. The molecule has 0 spiro atoms. The van der Waals surface area contributed by atoms with Crippen LogP contribution in [-0.2, 0) is 0 Å². The third kappa shape index (κ3) is 3.41. The van der Waals surface area contributed by atoms with Gasteiger partial charge in [0.25, 0.3) is 0 Å². The number of thiazole rings is 1. The highest BCUT2D eigenvalue weighted by Gasteiger charge is 2.12. The van der Waals surface area contributed by atoms with E-state index in [-0.39, 0.29) is 0 Å². The summed E-state index contributed by atoms with van der Waals surface area (Å²) in [5.74, 6) is 0. The van der Waals surface area contributed by atoms with E-state index in [1.807, 2.05) is 11.6 Å². The molecule has 0 aliphatic heterocycles. The Hall–Kier alpha value is -1.46. The molecule has 2 heterocycles. The van der Waals surface area contributed by atoms with Crippen LogP contribution in [0.15, 0.2) is 45.1 Å². The van der Waals surface area contributed by atoms with Crippen molar-refractivity contribution in [3.63, 3.8) is 0 Å². The van der Waals surface area contributed by atoms with E-state index in [9.17, 15) is 0 Å². The lowest BCUT2D eigenvalue weighted by Crippen LogP contribution is -2.14. The summed E-state index contributed by atoms with van der Waals surface area (Å²) in [6.45, 7) is 6.59. The van der Waals surface area contributed by atoms with Crippen molar-refractivity contribution in [2.24, 2.45) is 10.1 Å². The van der Waals surface area contributed by atoms with Crippen LogP contribution >= 0.6 is 22.7 Å². The third-order valence-electron chi connectivity index (χ3n) is 3.37. The van der Waals surface area contributed by atoms with Gasteiger partial charge in [0.05, 0.1) is 17.1 Å². The summed E-state index contributed by atoms with van der Waals surface area (Å²) in [5, 5.41) is 9.14. The summed E-state index contributed by atoms with van der Waals surface area (Å²) in [4.78, 5) is 6.86. The average Bonchev–Trinajstić information content (AvgIpc) is 3.18. The molecule has 2 aromatic rings. The van der Waals surface area contributed by atoms with Gasteiger partial charge in [0.1, 0.15) is 0 Å². The van der Waals surface area contributed by atoms with Gasteiger partial charge < -0.3 is 0 Å². The highest BCUT2D eigenvalue weighted by atomic mass is 32.1. The minimum atomic E-state index is 0.662. The summed E-state index contributed by atoms with van der Waals surface area (Å²) in [6.07, 6.45) is 4.76. The van der Waals surface area contributed by atoms with E-state index >= 15 is 0 Å². The molecule has 110 valence electrons. The lowest BCUT2D eigenvalue weighted by molar-refractivity contribution is 0.825. The van der Waals surface area contributed by atoms with E-state index in [0.29, 0.717) is 6.54 Å². The van der Waals surface area contributed by atoms with Gasteiger partial charge >= 0.3 is 0 Å². The van der Waals surface area contributed by atoms with Gasteiger partial charge in [-0.1, -0.05) is 18.2 Å². The zero-order chi connectivity index (χ0) is 14.7. The molecule has 0 N–H and O–H groups in total. The molecule has 0 atom stereocenters. The molecule has 1 fully saturated rings. The maximum absolute atomic E-state index is 4.88. The van der Waals surface area contributed by atoms with E-state index in [1.54, 1.807) is 22.7 Å². The smallest absolute Gasteiger partial charge is 0.206 e. The van der Waals surface area contributed by atoms with Crippen LogP contribution in [0.3, 0.4) is 0 Å². The Morgan fingerprint density at radius 3 is 2.81 bits per heavy atom. The summed E-state index contributed by atoms with van der Waals surface area (Å²) in [6, 6.07) is 4.22. The molecule has 0 saturated heterocycles. The minimum absolute atomic E-state index is 0.662. The lowest BCUT2D eigenvalue weighted by atomic mass is 10.3. The van der Waals surface area contributed by atoms with E-state index in [2.05, 4.69) is 34.5 Å². The first-order chi connectivity index (χ1) is 10.2. The fourth-order valence-corrected chi connectivity index (χ4v) is 3.95. The minimum Gasteiger partial charge on any atom is -0.253 e. The molecule has 1 aliphatic carbocycles. The van der Waals surface area contributed by atoms with Gasteiger partial charge in [-0.25, -0.2) is 4.68 Å². The quantitative estimate of drug-likeness (QED) is 0.741. The SMILES string of the molecule is C=C(C)CN=c1scc(-c2cccs2)n1N=C1CCCC1. The normalized spacial score (nSPS) is 15.7. The van der Waals surface area contributed by atoms with Crippen LogP contribution in [0.4, 0.5) is 0 Å². The van der Waals surface area contributed by atoms with Crippen LogP contribution < -0.4 is 4.80 Å². The van der Waals surface area contributed by atoms with Crippen LogP contribution in [0.5, 0.6) is 0 Å². The molecule has 0 radical (unpaired) electrons. The Kier molecular flexibility index (Phi) is 4.51. The second-order valence-electron chi connectivity index (χ2n) is 5.34. The van der Waals surface area contributed by atoms with Crippen LogP contribution in [0, 0.1) is 0 Å². The van der Waals surface area contributed by atoms with Gasteiger partial charge in [-0.15, -0.1) is 22.7 Å². The molecule has 0 aromatic carbocycles. The van der Waals surface area contributed by atoms with Gasteiger partial charge in [0, 0.05) is 11.1 Å². The van der Waals surface area contributed by atoms with Crippen molar-refractivity contribution < 1.29 is 0 Å². The molecular weight excluding hydrogens is 298 g/mol. The molecule has 0 amide bonds. The molecule has 0 unspecified atom stereocenters. The summed E-state index contributed by atoms with van der Waals surface area (Å²) in [7, 11) is 0. The third-order valence-corrected chi connectivity index (χ3v) is 5.11. The van der Waals surface area contributed by atoms with Gasteiger partial charge in [-0.3, -0.25) is 4.99 Å². The Labute approximate surface area is 133 Å². The largest absolute Gasteiger partial charge is 0.253 e. The van der Waals surface area contributed by atoms with Crippen molar-refractivity contribution in [1.82, 2.24) is 4.68 Å².